The first-order chi connectivity index (χ1) is 8.15. The molecule has 0 radical (unpaired) electrons. The van der Waals surface area contributed by atoms with Gasteiger partial charge in [0.05, 0.1) is 10.6 Å². The van der Waals surface area contributed by atoms with E-state index in [0.717, 1.165) is 0 Å². The van der Waals surface area contributed by atoms with Gasteiger partial charge in [0.15, 0.2) is 0 Å². The monoisotopic (exact) mass is 228 g/mol. The van der Waals surface area contributed by atoms with E-state index in [2.05, 4.69) is 5.10 Å². The SMILES string of the molecule is Cc1nn(-c2ccccc2)c(C#N)c1[N+](=O)[O-]. The summed E-state index contributed by atoms with van der Waals surface area (Å²) >= 11 is 0. The highest BCUT2D eigenvalue weighted by atomic mass is 16.6. The molecule has 1 heterocycles. The van der Waals surface area contributed by atoms with Crippen LogP contribution in [0.2, 0.25) is 0 Å². The molecular formula is C11H8N4O2. The van der Waals surface area contributed by atoms with E-state index in [9.17, 15) is 10.1 Å². The summed E-state index contributed by atoms with van der Waals surface area (Å²) in [6, 6.07) is 10.7. The second-order valence-electron chi connectivity index (χ2n) is 3.40. The third kappa shape index (κ3) is 1.74. The van der Waals surface area contributed by atoms with Crippen molar-refractivity contribution in [1.82, 2.24) is 9.78 Å². The minimum atomic E-state index is -0.583. The van der Waals surface area contributed by atoms with Crippen LogP contribution in [0.15, 0.2) is 30.3 Å². The molecule has 17 heavy (non-hydrogen) atoms. The quantitative estimate of drug-likeness (QED) is 0.580. The maximum Gasteiger partial charge on any atom is 0.328 e. The van der Waals surface area contributed by atoms with Gasteiger partial charge in [-0.3, -0.25) is 10.1 Å². The first kappa shape index (κ1) is 10.8. The number of rotatable bonds is 2. The Morgan fingerprint density at radius 2 is 2.06 bits per heavy atom. The lowest BCUT2D eigenvalue weighted by Gasteiger charge is -2.00. The van der Waals surface area contributed by atoms with E-state index in [1.807, 2.05) is 12.1 Å². The fourth-order valence-corrected chi connectivity index (χ4v) is 1.59. The molecule has 0 aliphatic carbocycles. The second-order valence-corrected chi connectivity index (χ2v) is 3.40. The lowest BCUT2D eigenvalue weighted by molar-refractivity contribution is -0.385. The Morgan fingerprint density at radius 1 is 1.41 bits per heavy atom. The largest absolute Gasteiger partial charge is 0.328 e. The van der Waals surface area contributed by atoms with Gasteiger partial charge in [0.1, 0.15) is 11.8 Å². The fourth-order valence-electron chi connectivity index (χ4n) is 1.59. The third-order valence-electron chi connectivity index (χ3n) is 2.32. The van der Waals surface area contributed by atoms with Gasteiger partial charge in [-0.15, -0.1) is 0 Å². The maximum absolute atomic E-state index is 10.8. The Morgan fingerprint density at radius 3 is 2.59 bits per heavy atom. The van der Waals surface area contributed by atoms with Crippen molar-refractivity contribution in [1.29, 1.82) is 5.26 Å². The topological polar surface area (TPSA) is 84.8 Å². The van der Waals surface area contributed by atoms with Crippen molar-refractivity contribution in [2.45, 2.75) is 6.92 Å². The highest BCUT2D eigenvalue weighted by molar-refractivity contribution is 5.51. The maximum atomic E-state index is 10.8. The van der Waals surface area contributed by atoms with E-state index in [1.165, 1.54) is 11.6 Å². The van der Waals surface area contributed by atoms with E-state index in [-0.39, 0.29) is 17.1 Å². The lowest BCUT2D eigenvalue weighted by Crippen LogP contribution is -2.00. The average molecular weight is 228 g/mol. The van der Waals surface area contributed by atoms with Gasteiger partial charge in [0, 0.05) is 0 Å². The van der Waals surface area contributed by atoms with E-state index in [4.69, 9.17) is 5.26 Å². The van der Waals surface area contributed by atoms with E-state index >= 15 is 0 Å². The smallest absolute Gasteiger partial charge is 0.258 e. The first-order valence-electron chi connectivity index (χ1n) is 4.84. The van der Waals surface area contributed by atoms with Crippen LogP contribution in [0.5, 0.6) is 0 Å². The van der Waals surface area contributed by atoms with E-state index in [0.29, 0.717) is 5.69 Å². The number of nitriles is 1. The van der Waals surface area contributed by atoms with Crippen LogP contribution in [0.3, 0.4) is 0 Å². The molecule has 2 rings (SSSR count). The van der Waals surface area contributed by atoms with Crippen LogP contribution in [-0.4, -0.2) is 14.7 Å². The first-order valence-corrected chi connectivity index (χ1v) is 4.84. The summed E-state index contributed by atoms with van der Waals surface area (Å²) in [4.78, 5) is 10.3. The van der Waals surface area contributed by atoms with Crippen molar-refractivity contribution >= 4 is 5.69 Å². The van der Waals surface area contributed by atoms with Crippen molar-refractivity contribution in [2.24, 2.45) is 0 Å². The van der Waals surface area contributed by atoms with Crippen LogP contribution in [0.1, 0.15) is 11.4 Å². The Hall–Kier alpha value is -2.68. The number of aryl methyl sites for hydroxylation is 1. The molecule has 0 saturated heterocycles. The molecule has 6 nitrogen and oxygen atoms in total. The predicted molar refractivity (Wildman–Crippen MR) is 59.7 cm³/mol. The van der Waals surface area contributed by atoms with Gasteiger partial charge in [0.2, 0.25) is 5.69 Å². The normalized spacial score (nSPS) is 9.88. The van der Waals surface area contributed by atoms with Crippen molar-refractivity contribution in [3.05, 3.63) is 51.8 Å². The summed E-state index contributed by atoms with van der Waals surface area (Å²) in [7, 11) is 0. The van der Waals surface area contributed by atoms with Crippen molar-refractivity contribution in [3.8, 4) is 11.8 Å². The molecule has 84 valence electrons. The van der Waals surface area contributed by atoms with Crippen LogP contribution in [-0.2, 0) is 0 Å². The zero-order valence-corrected chi connectivity index (χ0v) is 8.99. The van der Waals surface area contributed by atoms with Gasteiger partial charge in [-0.05, 0) is 19.1 Å². The fraction of sp³-hybridized carbons (Fsp3) is 0.0909. The van der Waals surface area contributed by atoms with Gasteiger partial charge < -0.3 is 0 Å². The molecule has 0 aliphatic heterocycles. The number of aromatic nitrogens is 2. The van der Waals surface area contributed by atoms with Gasteiger partial charge in [-0.1, -0.05) is 18.2 Å². The summed E-state index contributed by atoms with van der Waals surface area (Å²) in [5.74, 6) is 0. The Labute approximate surface area is 96.9 Å². The molecule has 1 aromatic carbocycles. The van der Waals surface area contributed by atoms with Crippen molar-refractivity contribution in [2.75, 3.05) is 0 Å². The number of para-hydroxylation sites is 1. The Kier molecular flexibility index (Phi) is 2.58. The molecule has 0 saturated carbocycles. The molecule has 0 atom stereocenters. The molecule has 0 spiro atoms. The van der Waals surface area contributed by atoms with Gasteiger partial charge in [-0.25, -0.2) is 4.68 Å². The molecule has 0 aliphatic rings. The van der Waals surface area contributed by atoms with Crippen molar-refractivity contribution < 1.29 is 4.92 Å². The average Bonchev–Trinajstić information content (AvgIpc) is 2.67. The zero-order chi connectivity index (χ0) is 12.4. The highest BCUT2D eigenvalue weighted by Crippen LogP contribution is 2.24. The van der Waals surface area contributed by atoms with Crippen LogP contribution in [0.25, 0.3) is 5.69 Å². The number of nitrogens with zero attached hydrogens (tertiary/aromatic N) is 4. The molecule has 6 heteroatoms. The molecule has 0 amide bonds. The van der Waals surface area contributed by atoms with Crippen molar-refractivity contribution in [3.63, 3.8) is 0 Å². The zero-order valence-electron chi connectivity index (χ0n) is 8.99. The summed E-state index contributed by atoms with van der Waals surface area (Å²) < 4.78 is 1.29. The van der Waals surface area contributed by atoms with E-state index < -0.39 is 4.92 Å². The highest BCUT2D eigenvalue weighted by Gasteiger charge is 2.25. The Bertz CT molecular complexity index is 610. The molecular weight excluding hydrogens is 220 g/mol. The van der Waals surface area contributed by atoms with Gasteiger partial charge in [0.25, 0.3) is 0 Å². The summed E-state index contributed by atoms with van der Waals surface area (Å²) in [5.41, 5.74) is 0.561. The molecule has 2 aromatic rings. The minimum absolute atomic E-state index is 0.0568. The molecule has 0 bridgehead atoms. The molecule has 0 N–H and O–H groups in total. The number of hydrogen-bond donors (Lipinski definition) is 0. The van der Waals surface area contributed by atoms with Crippen LogP contribution < -0.4 is 0 Å². The minimum Gasteiger partial charge on any atom is -0.258 e. The molecule has 0 unspecified atom stereocenters. The van der Waals surface area contributed by atoms with Crippen LogP contribution in [0.4, 0.5) is 5.69 Å². The standard InChI is InChI=1S/C11H8N4O2/c1-8-11(15(16)17)10(7-12)14(13-8)9-5-3-2-4-6-9/h2-6H,1H3. The summed E-state index contributed by atoms with van der Waals surface area (Å²) in [6.07, 6.45) is 0. The second kappa shape index (κ2) is 4.06. The summed E-state index contributed by atoms with van der Waals surface area (Å²) in [6.45, 7) is 1.51. The lowest BCUT2D eigenvalue weighted by atomic mass is 10.3. The molecule has 1 aromatic heterocycles. The van der Waals surface area contributed by atoms with Gasteiger partial charge in [-0.2, -0.15) is 10.4 Å². The van der Waals surface area contributed by atoms with E-state index in [1.54, 1.807) is 24.3 Å². The third-order valence-corrected chi connectivity index (χ3v) is 2.32. The predicted octanol–water partition coefficient (Wildman–Crippen LogP) is 1.96. The van der Waals surface area contributed by atoms with Gasteiger partial charge >= 0.3 is 5.69 Å². The number of benzene rings is 1. The molecule has 0 fully saturated rings. The summed E-state index contributed by atoms with van der Waals surface area (Å²) in [5, 5.41) is 23.9. The Balaban J connectivity index is 2.70. The van der Waals surface area contributed by atoms with Crippen LogP contribution in [0, 0.1) is 28.4 Å². The van der Waals surface area contributed by atoms with Crippen LogP contribution >= 0.6 is 0 Å². The number of nitro groups is 1. The number of hydrogen-bond acceptors (Lipinski definition) is 4.